The Hall–Kier alpha value is -1.81. The molecule has 2 aromatic rings. The topological polar surface area (TPSA) is 73.1 Å². The van der Waals surface area contributed by atoms with Crippen molar-refractivity contribution in [1.82, 2.24) is 0 Å². The molecule has 2 aromatic carbocycles. The molecule has 0 aliphatic rings. The van der Waals surface area contributed by atoms with Gasteiger partial charge in [-0.3, -0.25) is 4.79 Å². The third kappa shape index (κ3) is 4.58. The van der Waals surface area contributed by atoms with Crippen LogP contribution < -0.4 is 5.32 Å². The van der Waals surface area contributed by atoms with Crippen LogP contribution in [-0.4, -0.2) is 11.0 Å². The summed E-state index contributed by atoms with van der Waals surface area (Å²) in [7, 11) is 0. The lowest BCUT2D eigenvalue weighted by Crippen LogP contribution is -2.13. The Bertz CT molecular complexity index is 827. The number of aromatic hydroxyl groups is 1. The van der Waals surface area contributed by atoms with Crippen LogP contribution in [0.3, 0.4) is 0 Å². The number of hydrogen-bond donors (Lipinski definition) is 2. The molecule has 0 heterocycles. The fourth-order valence-corrected chi connectivity index (χ4v) is 2.83. The lowest BCUT2D eigenvalue weighted by atomic mass is 10.1. The van der Waals surface area contributed by atoms with E-state index in [1.807, 2.05) is 6.07 Å². The fraction of sp³-hybridized carbons (Fsp3) is 0. The molecule has 0 radical (unpaired) electrons. The van der Waals surface area contributed by atoms with Crippen molar-refractivity contribution >= 4 is 61.1 Å². The van der Waals surface area contributed by atoms with Crippen molar-refractivity contribution in [3.8, 4) is 11.8 Å². The van der Waals surface area contributed by atoms with Crippen molar-refractivity contribution < 1.29 is 9.90 Å². The van der Waals surface area contributed by atoms with Gasteiger partial charge < -0.3 is 10.4 Å². The fourth-order valence-electron chi connectivity index (χ4n) is 1.73. The third-order valence-corrected chi connectivity index (χ3v) is 4.18. The standard InChI is InChI=1S/C16H9Br2ClN2O2/c17-11-1-3-13(4-2-11)21-16(23)10(8-20)5-9-6-12(19)7-14(18)15(9)22/h1-7,22H,(H,21,23)/b10-5-. The molecule has 0 unspecified atom stereocenters. The molecule has 0 aromatic heterocycles. The van der Waals surface area contributed by atoms with Gasteiger partial charge in [0.15, 0.2) is 0 Å². The predicted molar refractivity (Wildman–Crippen MR) is 97.2 cm³/mol. The first-order valence-corrected chi connectivity index (χ1v) is 8.24. The normalized spacial score (nSPS) is 11.0. The van der Waals surface area contributed by atoms with Crippen LogP contribution in [-0.2, 0) is 4.79 Å². The van der Waals surface area contributed by atoms with Gasteiger partial charge >= 0.3 is 0 Å². The number of hydrogen-bond acceptors (Lipinski definition) is 3. The van der Waals surface area contributed by atoms with Crippen molar-refractivity contribution in [3.63, 3.8) is 0 Å². The zero-order valence-electron chi connectivity index (χ0n) is 11.5. The van der Waals surface area contributed by atoms with Crippen molar-refractivity contribution in [1.29, 1.82) is 5.26 Å². The molecule has 4 nitrogen and oxygen atoms in total. The van der Waals surface area contributed by atoms with Crippen molar-refractivity contribution in [2.45, 2.75) is 0 Å². The van der Waals surface area contributed by atoms with Gasteiger partial charge in [-0.2, -0.15) is 5.26 Å². The summed E-state index contributed by atoms with van der Waals surface area (Å²) < 4.78 is 1.25. The number of amides is 1. The number of halogens is 3. The number of anilines is 1. The van der Waals surface area contributed by atoms with E-state index in [2.05, 4.69) is 37.2 Å². The molecule has 0 aliphatic carbocycles. The number of nitrogens with one attached hydrogen (secondary N) is 1. The van der Waals surface area contributed by atoms with Crippen LogP contribution in [0.1, 0.15) is 5.56 Å². The van der Waals surface area contributed by atoms with Gasteiger partial charge in [-0.15, -0.1) is 0 Å². The molecule has 0 saturated carbocycles. The minimum Gasteiger partial charge on any atom is -0.506 e. The van der Waals surface area contributed by atoms with Crippen LogP contribution in [0.25, 0.3) is 6.08 Å². The molecule has 2 rings (SSSR count). The van der Waals surface area contributed by atoms with Crippen molar-refractivity contribution in [2.24, 2.45) is 0 Å². The van der Waals surface area contributed by atoms with Crippen LogP contribution in [0, 0.1) is 11.3 Å². The zero-order chi connectivity index (χ0) is 17.0. The Balaban J connectivity index is 2.30. The van der Waals surface area contributed by atoms with E-state index in [9.17, 15) is 15.2 Å². The van der Waals surface area contributed by atoms with Gasteiger partial charge in [-0.1, -0.05) is 27.5 Å². The Labute approximate surface area is 154 Å². The van der Waals surface area contributed by atoms with Crippen LogP contribution in [0.4, 0.5) is 5.69 Å². The van der Waals surface area contributed by atoms with E-state index in [-0.39, 0.29) is 16.9 Å². The maximum atomic E-state index is 12.2. The zero-order valence-corrected chi connectivity index (χ0v) is 15.4. The molecule has 0 saturated heterocycles. The number of phenols is 1. The van der Waals surface area contributed by atoms with E-state index in [1.165, 1.54) is 18.2 Å². The minimum absolute atomic E-state index is 0.0985. The van der Waals surface area contributed by atoms with Gasteiger partial charge in [-0.25, -0.2) is 0 Å². The van der Waals surface area contributed by atoms with Gasteiger partial charge in [0.1, 0.15) is 17.4 Å². The monoisotopic (exact) mass is 454 g/mol. The largest absolute Gasteiger partial charge is 0.506 e. The second-order valence-corrected chi connectivity index (χ2v) is 6.66. The Morgan fingerprint density at radius 3 is 2.52 bits per heavy atom. The molecular formula is C16H9Br2ClN2O2. The average Bonchev–Trinajstić information content (AvgIpc) is 2.51. The summed E-state index contributed by atoms with van der Waals surface area (Å²) in [6, 6.07) is 11.7. The summed E-state index contributed by atoms with van der Waals surface area (Å²) in [6.07, 6.45) is 1.28. The summed E-state index contributed by atoms with van der Waals surface area (Å²) in [5, 5.41) is 22.1. The van der Waals surface area contributed by atoms with Gasteiger partial charge in [0.2, 0.25) is 0 Å². The molecular weight excluding hydrogens is 447 g/mol. The second kappa shape index (κ2) is 7.64. The van der Waals surface area contributed by atoms with Crippen LogP contribution in [0.5, 0.6) is 5.75 Å². The molecule has 7 heteroatoms. The molecule has 0 atom stereocenters. The van der Waals surface area contributed by atoms with E-state index in [0.29, 0.717) is 15.2 Å². The number of nitriles is 1. The summed E-state index contributed by atoms with van der Waals surface area (Å²) in [5.41, 5.74) is 0.667. The highest BCUT2D eigenvalue weighted by atomic mass is 79.9. The summed E-state index contributed by atoms with van der Waals surface area (Å²) >= 11 is 12.4. The molecule has 0 fully saturated rings. The lowest BCUT2D eigenvalue weighted by Gasteiger charge is -2.06. The van der Waals surface area contributed by atoms with E-state index < -0.39 is 5.91 Å². The van der Waals surface area contributed by atoms with E-state index >= 15 is 0 Å². The molecule has 0 spiro atoms. The second-order valence-electron chi connectivity index (χ2n) is 4.46. The predicted octanol–water partition coefficient (Wildman–Crippen LogP) is 5.12. The van der Waals surface area contributed by atoms with Gasteiger partial charge in [-0.05, 0) is 58.4 Å². The van der Waals surface area contributed by atoms with Crippen molar-refractivity contribution in [2.75, 3.05) is 5.32 Å². The first-order chi connectivity index (χ1) is 10.9. The number of nitrogens with zero attached hydrogens (tertiary/aromatic N) is 1. The third-order valence-electron chi connectivity index (χ3n) is 2.82. The summed E-state index contributed by atoms with van der Waals surface area (Å²) in [4.78, 5) is 12.2. The average molecular weight is 457 g/mol. The maximum absolute atomic E-state index is 12.2. The highest BCUT2D eigenvalue weighted by Gasteiger charge is 2.12. The smallest absolute Gasteiger partial charge is 0.266 e. The first-order valence-electron chi connectivity index (χ1n) is 6.27. The van der Waals surface area contributed by atoms with Crippen molar-refractivity contribution in [3.05, 3.63) is 61.5 Å². The summed E-state index contributed by atoms with van der Waals surface area (Å²) in [6.45, 7) is 0. The molecule has 2 N–H and O–H groups in total. The molecule has 23 heavy (non-hydrogen) atoms. The number of carbonyl (C=O) groups excluding carboxylic acids is 1. The molecule has 0 bridgehead atoms. The van der Waals surface area contributed by atoms with E-state index in [1.54, 1.807) is 24.3 Å². The van der Waals surface area contributed by atoms with Crippen LogP contribution >= 0.6 is 43.5 Å². The Morgan fingerprint density at radius 1 is 1.26 bits per heavy atom. The van der Waals surface area contributed by atoms with Gasteiger partial charge in [0.05, 0.1) is 4.47 Å². The number of benzene rings is 2. The SMILES string of the molecule is N#C/C(=C/c1cc(Cl)cc(Br)c1O)C(=O)Nc1ccc(Br)cc1. The minimum atomic E-state index is -0.578. The van der Waals surface area contributed by atoms with Crippen LogP contribution in [0.2, 0.25) is 5.02 Å². The Kier molecular flexibility index (Phi) is 5.83. The number of rotatable bonds is 3. The molecule has 116 valence electrons. The van der Waals surface area contributed by atoms with Crippen LogP contribution in [0.15, 0.2) is 50.9 Å². The lowest BCUT2D eigenvalue weighted by molar-refractivity contribution is -0.112. The maximum Gasteiger partial charge on any atom is 0.266 e. The molecule has 1 amide bonds. The van der Waals surface area contributed by atoms with Gasteiger partial charge in [0.25, 0.3) is 5.91 Å². The van der Waals surface area contributed by atoms with Gasteiger partial charge in [0, 0.05) is 20.7 Å². The molecule has 0 aliphatic heterocycles. The van der Waals surface area contributed by atoms with E-state index in [0.717, 1.165) is 4.47 Å². The van der Waals surface area contributed by atoms with E-state index in [4.69, 9.17) is 11.6 Å². The Morgan fingerprint density at radius 2 is 1.91 bits per heavy atom. The quantitative estimate of drug-likeness (QED) is 0.498. The number of phenolic OH excluding ortho intramolecular Hbond substituents is 1. The highest BCUT2D eigenvalue weighted by molar-refractivity contribution is 9.10. The first kappa shape index (κ1) is 17.5. The summed E-state index contributed by atoms with van der Waals surface area (Å²) in [5.74, 6) is -0.677. The number of carbonyl (C=O) groups is 1. The highest BCUT2D eigenvalue weighted by Crippen LogP contribution is 2.33.